The van der Waals surface area contributed by atoms with Crippen molar-refractivity contribution < 1.29 is 23.5 Å². The van der Waals surface area contributed by atoms with Gasteiger partial charge < -0.3 is 19.2 Å². The van der Waals surface area contributed by atoms with E-state index < -0.39 is 0 Å². The number of benzene rings is 1. The Morgan fingerprint density at radius 2 is 2.09 bits per heavy atom. The van der Waals surface area contributed by atoms with Crippen LogP contribution in [0.3, 0.4) is 0 Å². The average Bonchev–Trinajstić information content (AvgIpc) is 3.49. The molecule has 2 heterocycles. The van der Waals surface area contributed by atoms with Crippen LogP contribution in [0.2, 0.25) is 0 Å². The fourth-order valence-electron chi connectivity index (χ4n) is 3.56. The fourth-order valence-corrected chi connectivity index (χ4v) is 5.43. The Morgan fingerprint density at radius 1 is 1.24 bits per heavy atom. The van der Waals surface area contributed by atoms with Gasteiger partial charge in [-0.05, 0) is 62.8 Å². The van der Waals surface area contributed by atoms with Gasteiger partial charge in [0.25, 0.3) is 11.1 Å². The Kier molecular flexibility index (Phi) is 7.34. The first-order valence-electron chi connectivity index (χ1n) is 10.7. The molecule has 0 saturated carbocycles. The maximum absolute atomic E-state index is 12.5. The van der Waals surface area contributed by atoms with Gasteiger partial charge in [0.2, 0.25) is 5.91 Å². The van der Waals surface area contributed by atoms with E-state index in [1.807, 2.05) is 32.0 Å². The molecule has 4 rings (SSSR count). The van der Waals surface area contributed by atoms with Crippen LogP contribution < -0.4 is 10.1 Å². The summed E-state index contributed by atoms with van der Waals surface area (Å²) in [5.41, 5.74) is 3.63. The number of hydrogen-bond donors (Lipinski definition) is 1. The molecular weight excluding hydrogens is 462 g/mol. The normalized spacial score (nSPS) is 12.5. The van der Waals surface area contributed by atoms with E-state index in [1.54, 1.807) is 6.92 Å². The standard InChI is InChI=1S/C23H25N3O5S2/c1-4-29-22(28)20-15-6-5-7-17(15)33-21(20)24-18(27)12-32-23-26-25-19(31-23)11-30-16-10-13(2)8-9-14(16)3/h8-10H,4-7,11-12H2,1-3H3,(H,24,27). The molecule has 1 aliphatic rings. The molecule has 33 heavy (non-hydrogen) atoms. The number of nitrogens with one attached hydrogen (secondary N) is 1. The van der Waals surface area contributed by atoms with Gasteiger partial charge in [0.15, 0.2) is 6.61 Å². The molecule has 0 aliphatic heterocycles. The molecule has 1 N–H and O–H groups in total. The number of anilines is 1. The predicted molar refractivity (Wildman–Crippen MR) is 126 cm³/mol. The van der Waals surface area contributed by atoms with Gasteiger partial charge in [-0.25, -0.2) is 4.79 Å². The Morgan fingerprint density at radius 3 is 2.91 bits per heavy atom. The van der Waals surface area contributed by atoms with E-state index in [0.29, 0.717) is 23.1 Å². The molecule has 2 aromatic heterocycles. The summed E-state index contributed by atoms with van der Waals surface area (Å²) >= 11 is 2.59. The molecule has 0 saturated heterocycles. The van der Waals surface area contributed by atoms with E-state index >= 15 is 0 Å². The highest BCUT2D eigenvalue weighted by Crippen LogP contribution is 2.39. The molecule has 0 unspecified atom stereocenters. The highest BCUT2D eigenvalue weighted by atomic mass is 32.2. The minimum atomic E-state index is -0.384. The number of nitrogens with zero attached hydrogens (tertiary/aromatic N) is 2. The fraction of sp³-hybridized carbons (Fsp3) is 0.391. The van der Waals surface area contributed by atoms with Gasteiger partial charge in [-0.3, -0.25) is 4.79 Å². The van der Waals surface area contributed by atoms with Gasteiger partial charge in [0, 0.05) is 4.88 Å². The lowest BCUT2D eigenvalue weighted by atomic mass is 10.1. The second-order valence-electron chi connectivity index (χ2n) is 7.64. The number of fused-ring (bicyclic) bond motifs is 1. The maximum Gasteiger partial charge on any atom is 0.341 e. The molecular formula is C23H25N3O5S2. The molecule has 8 nitrogen and oxygen atoms in total. The van der Waals surface area contributed by atoms with Gasteiger partial charge in [-0.1, -0.05) is 23.9 Å². The molecule has 0 spiro atoms. The van der Waals surface area contributed by atoms with Gasteiger partial charge in [-0.2, -0.15) is 0 Å². The average molecular weight is 488 g/mol. The van der Waals surface area contributed by atoms with E-state index in [9.17, 15) is 9.59 Å². The number of hydrogen-bond acceptors (Lipinski definition) is 9. The Labute approximate surface area is 200 Å². The first-order chi connectivity index (χ1) is 15.9. The minimum absolute atomic E-state index is 0.0737. The molecule has 0 radical (unpaired) electrons. The molecule has 1 aromatic carbocycles. The van der Waals surface area contributed by atoms with Crippen molar-refractivity contribution in [3.63, 3.8) is 0 Å². The lowest BCUT2D eigenvalue weighted by Gasteiger charge is -2.07. The van der Waals surface area contributed by atoms with Crippen LogP contribution in [0.1, 0.15) is 51.2 Å². The number of ether oxygens (including phenoxy) is 2. The molecule has 174 valence electrons. The van der Waals surface area contributed by atoms with Crippen molar-refractivity contribution in [2.24, 2.45) is 0 Å². The third-order valence-corrected chi connectivity index (χ3v) is 7.15. The molecule has 3 aromatic rings. The van der Waals surface area contributed by atoms with Crippen molar-refractivity contribution >= 4 is 40.0 Å². The zero-order chi connectivity index (χ0) is 23.4. The maximum atomic E-state index is 12.5. The van der Waals surface area contributed by atoms with Crippen LogP contribution in [0.4, 0.5) is 5.00 Å². The largest absolute Gasteiger partial charge is 0.484 e. The Balaban J connectivity index is 1.32. The van der Waals surface area contributed by atoms with Crippen molar-refractivity contribution in [3.8, 4) is 5.75 Å². The van der Waals surface area contributed by atoms with Crippen LogP contribution in [-0.4, -0.2) is 34.4 Å². The first-order valence-corrected chi connectivity index (χ1v) is 12.5. The van der Waals surface area contributed by atoms with Crippen molar-refractivity contribution in [2.45, 2.75) is 51.9 Å². The first kappa shape index (κ1) is 23.3. The number of thiophene rings is 1. The van der Waals surface area contributed by atoms with E-state index in [-0.39, 0.29) is 29.5 Å². The summed E-state index contributed by atoms with van der Waals surface area (Å²) in [5, 5.41) is 11.6. The van der Waals surface area contributed by atoms with Gasteiger partial charge >= 0.3 is 5.97 Å². The summed E-state index contributed by atoms with van der Waals surface area (Å²) in [6.07, 6.45) is 2.77. The SMILES string of the molecule is CCOC(=O)c1c(NC(=O)CSc2nnc(COc3cc(C)ccc3C)o2)sc2c1CCC2. The summed E-state index contributed by atoms with van der Waals surface area (Å²) in [5.74, 6) is 0.534. The highest BCUT2D eigenvalue weighted by Gasteiger charge is 2.28. The minimum Gasteiger partial charge on any atom is -0.484 e. The van der Waals surface area contributed by atoms with Crippen molar-refractivity contribution in [1.82, 2.24) is 10.2 Å². The summed E-state index contributed by atoms with van der Waals surface area (Å²) in [6, 6.07) is 5.97. The van der Waals surface area contributed by atoms with Gasteiger partial charge in [0.1, 0.15) is 10.8 Å². The van der Waals surface area contributed by atoms with Gasteiger partial charge in [0.05, 0.1) is 17.9 Å². The summed E-state index contributed by atoms with van der Waals surface area (Å²) in [4.78, 5) is 26.1. The number of carbonyl (C=O) groups excluding carboxylic acids is 2. The molecule has 1 amide bonds. The van der Waals surface area contributed by atoms with Gasteiger partial charge in [-0.15, -0.1) is 21.5 Å². The van der Waals surface area contributed by atoms with Crippen molar-refractivity contribution in [1.29, 1.82) is 0 Å². The number of aryl methyl sites for hydroxylation is 3. The number of amides is 1. The number of thioether (sulfide) groups is 1. The summed E-state index contributed by atoms with van der Waals surface area (Å²) < 4.78 is 16.6. The van der Waals surface area contributed by atoms with Crippen LogP contribution in [0.25, 0.3) is 0 Å². The summed E-state index contributed by atoms with van der Waals surface area (Å²) in [7, 11) is 0. The molecule has 1 aliphatic carbocycles. The van der Waals surface area contributed by atoms with E-state index in [4.69, 9.17) is 13.9 Å². The van der Waals surface area contributed by atoms with Crippen LogP contribution in [-0.2, 0) is 29.0 Å². The van der Waals surface area contributed by atoms with Crippen LogP contribution >= 0.6 is 23.1 Å². The second kappa shape index (κ2) is 10.4. The summed E-state index contributed by atoms with van der Waals surface area (Å²) in [6.45, 7) is 6.18. The zero-order valence-electron chi connectivity index (χ0n) is 18.7. The van der Waals surface area contributed by atoms with E-state index in [0.717, 1.165) is 58.3 Å². The third kappa shape index (κ3) is 5.56. The quantitative estimate of drug-likeness (QED) is 0.341. The highest BCUT2D eigenvalue weighted by molar-refractivity contribution is 7.99. The Bertz CT molecular complexity index is 1170. The van der Waals surface area contributed by atoms with E-state index in [2.05, 4.69) is 15.5 Å². The Hall–Kier alpha value is -2.85. The third-order valence-electron chi connectivity index (χ3n) is 5.12. The predicted octanol–water partition coefficient (Wildman–Crippen LogP) is 4.72. The van der Waals surface area contributed by atoms with Crippen LogP contribution in [0, 0.1) is 13.8 Å². The molecule has 0 atom stereocenters. The topological polar surface area (TPSA) is 104 Å². The number of esters is 1. The van der Waals surface area contributed by atoms with Crippen molar-refractivity contribution in [3.05, 3.63) is 51.2 Å². The lowest BCUT2D eigenvalue weighted by Crippen LogP contribution is -2.16. The zero-order valence-corrected chi connectivity index (χ0v) is 20.4. The second-order valence-corrected chi connectivity index (χ2v) is 9.67. The van der Waals surface area contributed by atoms with Crippen LogP contribution in [0.15, 0.2) is 27.8 Å². The lowest BCUT2D eigenvalue weighted by molar-refractivity contribution is -0.113. The smallest absolute Gasteiger partial charge is 0.341 e. The van der Waals surface area contributed by atoms with Crippen LogP contribution in [0.5, 0.6) is 5.75 Å². The monoisotopic (exact) mass is 487 g/mol. The van der Waals surface area contributed by atoms with E-state index in [1.165, 1.54) is 11.3 Å². The number of rotatable bonds is 9. The molecule has 10 heteroatoms. The molecule has 0 bridgehead atoms. The molecule has 0 fully saturated rings. The van der Waals surface area contributed by atoms with Crippen molar-refractivity contribution in [2.75, 3.05) is 17.7 Å². The number of aromatic nitrogens is 2. The number of carbonyl (C=O) groups is 2.